The van der Waals surface area contributed by atoms with Crippen molar-refractivity contribution in [1.82, 2.24) is 14.8 Å². The molecular weight excluding hydrogens is 502 g/mol. The molecule has 1 amide bonds. The number of pyridine rings is 1. The fourth-order valence-electron chi connectivity index (χ4n) is 6.04. The number of likely N-dealkylation sites (tertiary alicyclic amines) is 1. The first kappa shape index (κ1) is 28.8. The van der Waals surface area contributed by atoms with Crippen molar-refractivity contribution in [2.24, 2.45) is 0 Å². The van der Waals surface area contributed by atoms with E-state index < -0.39 is 0 Å². The first-order chi connectivity index (χ1) is 19.6. The average molecular weight is 546 g/mol. The summed E-state index contributed by atoms with van der Waals surface area (Å²) in [6.07, 6.45) is 3.89. The highest BCUT2D eigenvalue weighted by molar-refractivity contribution is 5.95. The van der Waals surface area contributed by atoms with Gasteiger partial charge >= 0.3 is 0 Å². The van der Waals surface area contributed by atoms with Gasteiger partial charge in [-0.3, -0.25) is 14.7 Å². The summed E-state index contributed by atoms with van der Waals surface area (Å²) in [4.78, 5) is 22.7. The van der Waals surface area contributed by atoms with Gasteiger partial charge in [0.25, 0.3) is 5.91 Å². The fourth-order valence-corrected chi connectivity index (χ4v) is 6.04. The van der Waals surface area contributed by atoms with Gasteiger partial charge in [0.05, 0.1) is 5.69 Å². The molecule has 0 saturated carbocycles. The third kappa shape index (κ3) is 6.28. The SMILES string of the molecule is Cc1cc(-c2cccc(C(=O)N(C)C3CCN(Cc4ccnc(-c5cc(C)c(C)c(C)c5)c4)CC3)c2)cc(C)c1C. The number of carbonyl (C=O) groups excluding carboxylic acids is 1. The third-order valence-corrected chi connectivity index (χ3v) is 9.25. The van der Waals surface area contributed by atoms with E-state index in [-0.39, 0.29) is 11.9 Å². The highest BCUT2D eigenvalue weighted by Crippen LogP contribution is 2.28. The maximum Gasteiger partial charge on any atom is 0.253 e. The number of aromatic nitrogens is 1. The van der Waals surface area contributed by atoms with Gasteiger partial charge in [-0.2, -0.15) is 0 Å². The summed E-state index contributed by atoms with van der Waals surface area (Å²) in [6.45, 7) is 15.8. The number of nitrogens with zero attached hydrogens (tertiary/aromatic N) is 3. The molecule has 4 heteroatoms. The van der Waals surface area contributed by atoms with Gasteiger partial charge in [0, 0.05) is 50.0 Å². The fraction of sp³-hybridized carbons (Fsp3) is 0.351. The van der Waals surface area contributed by atoms with Crippen LogP contribution in [0.25, 0.3) is 22.4 Å². The number of hydrogen-bond donors (Lipinski definition) is 0. The van der Waals surface area contributed by atoms with Gasteiger partial charge in [0.15, 0.2) is 0 Å². The molecule has 5 rings (SSSR count). The molecule has 1 saturated heterocycles. The van der Waals surface area contributed by atoms with Crippen molar-refractivity contribution >= 4 is 5.91 Å². The van der Waals surface area contributed by atoms with E-state index in [1.807, 2.05) is 30.3 Å². The quantitative estimate of drug-likeness (QED) is 0.246. The lowest BCUT2D eigenvalue weighted by Crippen LogP contribution is -2.45. The van der Waals surface area contributed by atoms with Crippen LogP contribution in [0.15, 0.2) is 66.9 Å². The molecule has 0 radical (unpaired) electrons. The Morgan fingerprint density at radius 1 is 0.780 bits per heavy atom. The second-order valence-corrected chi connectivity index (χ2v) is 12.0. The Bertz CT molecular complexity index is 1530. The van der Waals surface area contributed by atoms with Crippen LogP contribution in [-0.4, -0.2) is 46.9 Å². The van der Waals surface area contributed by atoms with Crippen LogP contribution in [0.2, 0.25) is 0 Å². The Balaban J connectivity index is 1.21. The Morgan fingerprint density at radius 2 is 1.37 bits per heavy atom. The van der Waals surface area contributed by atoms with E-state index in [4.69, 9.17) is 0 Å². The van der Waals surface area contributed by atoms with E-state index in [1.165, 1.54) is 50.1 Å². The van der Waals surface area contributed by atoms with E-state index >= 15 is 0 Å². The zero-order valence-corrected chi connectivity index (χ0v) is 25.7. The minimum Gasteiger partial charge on any atom is -0.339 e. The van der Waals surface area contributed by atoms with Crippen LogP contribution in [0.1, 0.15) is 62.1 Å². The first-order valence-corrected chi connectivity index (χ1v) is 14.8. The van der Waals surface area contributed by atoms with E-state index in [1.54, 1.807) is 0 Å². The molecule has 0 spiro atoms. The highest BCUT2D eigenvalue weighted by atomic mass is 16.2. The Kier molecular flexibility index (Phi) is 8.42. The van der Waals surface area contributed by atoms with Gasteiger partial charge in [-0.1, -0.05) is 24.3 Å². The van der Waals surface area contributed by atoms with E-state index in [9.17, 15) is 4.79 Å². The maximum atomic E-state index is 13.5. The molecule has 0 aliphatic carbocycles. The normalized spacial score (nSPS) is 14.3. The Labute approximate surface area is 246 Å². The molecule has 4 aromatic rings. The lowest BCUT2D eigenvalue weighted by atomic mass is 9.95. The third-order valence-electron chi connectivity index (χ3n) is 9.25. The molecule has 1 aliphatic heterocycles. The van der Waals surface area contributed by atoms with Crippen LogP contribution in [0.4, 0.5) is 0 Å². The van der Waals surface area contributed by atoms with Crippen molar-refractivity contribution in [3.05, 3.63) is 111 Å². The van der Waals surface area contributed by atoms with Crippen molar-refractivity contribution in [2.45, 2.75) is 67.0 Å². The van der Waals surface area contributed by atoms with Gasteiger partial charge in [0.1, 0.15) is 0 Å². The molecule has 0 bridgehead atoms. The first-order valence-electron chi connectivity index (χ1n) is 14.8. The zero-order chi connectivity index (χ0) is 29.3. The lowest BCUT2D eigenvalue weighted by molar-refractivity contribution is 0.0636. The van der Waals surface area contributed by atoms with E-state index in [0.29, 0.717) is 0 Å². The smallest absolute Gasteiger partial charge is 0.253 e. The van der Waals surface area contributed by atoms with Crippen molar-refractivity contribution < 1.29 is 4.79 Å². The number of piperidine rings is 1. The van der Waals surface area contributed by atoms with Crippen LogP contribution >= 0.6 is 0 Å². The van der Waals surface area contributed by atoms with Crippen LogP contribution in [0.5, 0.6) is 0 Å². The number of carbonyl (C=O) groups is 1. The van der Waals surface area contributed by atoms with E-state index in [2.05, 4.69) is 100.0 Å². The summed E-state index contributed by atoms with van der Waals surface area (Å²) < 4.78 is 0. The number of benzene rings is 3. The van der Waals surface area contributed by atoms with Crippen molar-refractivity contribution in [2.75, 3.05) is 20.1 Å². The second-order valence-electron chi connectivity index (χ2n) is 12.0. The van der Waals surface area contributed by atoms with Gasteiger partial charge in [-0.05, 0) is 141 Å². The van der Waals surface area contributed by atoms with Crippen LogP contribution in [-0.2, 0) is 6.54 Å². The molecule has 3 aromatic carbocycles. The van der Waals surface area contributed by atoms with Crippen molar-refractivity contribution in [3.8, 4) is 22.4 Å². The molecule has 0 atom stereocenters. The molecule has 0 unspecified atom stereocenters. The van der Waals surface area contributed by atoms with Gasteiger partial charge in [-0.15, -0.1) is 0 Å². The van der Waals surface area contributed by atoms with Crippen molar-refractivity contribution in [1.29, 1.82) is 0 Å². The molecule has 0 N–H and O–H groups in total. The predicted molar refractivity (Wildman–Crippen MR) is 170 cm³/mol. The minimum absolute atomic E-state index is 0.105. The van der Waals surface area contributed by atoms with Crippen LogP contribution < -0.4 is 0 Å². The topological polar surface area (TPSA) is 36.4 Å². The predicted octanol–water partition coefficient (Wildman–Crippen LogP) is 8.00. The monoisotopic (exact) mass is 545 g/mol. The lowest BCUT2D eigenvalue weighted by Gasteiger charge is -2.37. The molecule has 41 heavy (non-hydrogen) atoms. The van der Waals surface area contributed by atoms with E-state index in [0.717, 1.165) is 49.3 Å². The van der Waals surface area contributed by atoms with Gasteiger partial charge in [-0.25, -0.2) is 0 Å². The number of hydrogen-bond acceptors (Lipinski definition) is 3. The maximum absolute atomic E-state index is 13.5. The summed E-state index contributed by atoms with van der Waals surface area (Å²) in [6, 6.07) is 21.6. The second kappa shape index (κ2) is 12.0. The Morgan fingerprint density at radius 3 is 1.98 bits per heavy atom. The number of amides is 1. The molecule has 1 aromatic heterocycles. The largest absolute Gasteiger partial charge is 0.339 e. The molecule has 4 nitrogen and oxygen atoms in total. The Hall–Kier alpha value is -3.76. The summed E-state index contributed by atoms with van der Waals surface area (Å²) >= 11 is 0. The highest BCUT2D eigenvalue weighted by Gasteiger charge is 2.26. The standard InChI is InChI=1S/C37H43N3O/c1-24-17-33(18-25(2)28(24)5)31-9-8-10-32(22-31)37(41)39(7)35-12-15-40(16-13-35)23-30-11-14-38-36(21-30)34-19-26(3)29(6)27(4)20-34/h8-11,14,17-22,35H,12-13,15-16,23H2,1-7H3. The van der Waals surface area contributed by atoms with Gasteiger partial charge in [0.2, 0.25) is 0 Å². The summed E-state index contributed by atoms with van der Waals surface area (Å²) in [7, 11) is 1.97. The molecular formula is C37H43N3O. The number of aryl methyl sites for hydroxylation is 4. The van der Waals surface area contributed by atoms with Gasteiger partial charge < -0.3 is 4.90 Å². The number of rotatable bonds is 6. The summed E-state index contributed by atoms with van der Waals surface area (Å²) in [5.74, 6) is 0.105. The molecule has 2 heterocycles. The minimum atomic E-state index is 0.105. The average Bonchev–Trinajstić information content (AvgIpc) is 2.98. The summed E-state index contributed by atoms with van der Waals surface area (Å²) in [5, 5.41) is 0. The molecule has 1 aliphatic rings. The van der Waals surface area contributed by atoms with Crippen molar-refractivity contribution in [3.63, 3.8) is 0 Å². The molecule has 1 fully saturated rings. The zero-order valence-electron chi connectivity index (χ0n) is 25.7. The van der Waals surface area contributed by atoms with Crippen LogP contribution in [0, 0.1) is 41.5 Å². The molecule has 212 valence electrons. The van der Waals surface area contributed by atoms with Crippen LogP contribution in [0.3, 0.4) is 0 Å². The summed E-state index contributed by atoms with van der Waals surface area (Å²) in [5.41, 5.74) is 14.4.